The van der Waals surface area contributed by atoms with Crippen LogP contribution >= 0.6 is 11.8 Å². The van der Waals surface area contributed by atoms with Crippen LogP contribution in [0.3, 0.4) is 0 Å². The summed E-state index contributed by atoms with van der Waals surface area (Å²) < 4.78 is 39.6. The van der Waals surface area contributed by atoms with Crippen molar-refractivity contribution in [1.82, 2.24) is 24.8 Å². The molecule has 0 saturated carbocycles. The van der Waals surface area contributed by atoms with Gasteiger partial charge in [0.15, 0.2) is 0 Å². The van der Waals surface area contributed by atoms with Gasteiger partial charge in [-0.2, -0.15) is 22.8 Å². The predicted octanol–water partition coefficient (Wildman–Crippen LogP) is 2.86. The highest BCUT2D eigenvalue weighted by molar-refractivity contribution is 7.99. The highest BCUT2D eigenvalue weighted by Crippen LogP contribution is 2.30. The monoisotopic (exact) mass is 426 g/mol. The first-order valence-corrected chi connectivity index (χ1v) is 9.40. The summed E-state index contributed by atoms with van der Waals surface area (Å²) in [5, 5.41) is 14.7. The molecule has 0 aliphatic carbocycles. The molecule has 0 radical (unpaired) electrons. The van der Waals surface area contributed by atoms with Gasteiger partial charge in [0.25, 0.3) is 11.3 Å². The number of aromatic nitrogens is 5. The van der Waals surface area contributed by atoms with Gasteiger partial charge in [-0.3, -0.25) is 14.6 Å². The Hall–Kier alpha value is -2.89. The standard InChI is InChI=1S/C17H17F3N6O2S/c1-16(2,3)12-13(28)22-14-23-24-15(26(14)25-12)29-8-11(27)21-10-6-4-5-9(7-10)17(18,19)20/h4-7H,8H2,1-3H3,(H,21,27)(H,22,23,28). The van der Waals surface area contributed by atoms with Crippen LogP contribution in [0.25, 0.3) is 5.78 Å². The van der Waals surface area contributed by atoms with Crippen LogP contribution in [-0.2, 0) is 16.4 Å². The summed E-state index contributed by atoms with van der Waals surface area (Å²) in [7, 11) is 0. The highest BCUT2D eigenvalue weighted by atomic mass is 32.2. The number of hydrogen-bond donors (Lipinski definition) is 2. The number of H-pyrrole nitrogens is 1. The molecule has 0 spiro atoms. The van der Waals surface area contributed by atoms with Gasteiger partial charge < -0.3 is 5.32 Å². The largest absolute Gasteiger partial charge is 0.416 e. The van der Waals surface area contributed by atoms with Gasteiger partial charge in [0.2, 0.25) is 11.1 Å². The molecular formula is C17H17F3N6O2S. The lowest BCUT2D eigenvalue weighted by molar-refractivity contribution is -0.137. The van der Waals surface area contributed by atoms with Crippen molar-refractivity contribution >= 4 is 29.1 Å². The molecule has 0 aliphatic rings. The minimum atomic E-state index is -4.50. The number of carbonyl (C=O) groups is 1. The molecule has 2 N–H and O–H groups in total. The van der Waals surface area contributed by atoms with Crippen molar-refractivity contribution in [3.8, 4) is 0 Å². The van der Waals surface area contributed by atoms with E-state index in [1.807, 2.05) is 20.8 Å². The number of nitrogens with one attached hydrogen (secondary N) is 2. The lowest BCUT2D eigenvalue weighted by Gasteiger charge is -2.15. The van der Waals surface area contributed by atoms with Gasteiger partial charge in [-0.1, -0.05) is 38.6 Å². The second-order valence-corrected chi connectivity index (χ2v) is 8.13. The molecule has 0 fully saturated rings. The van der Waals surface area contributed by atoms with E-state index < -0.39 is 23.1 Å². The first-order valence-electron chi connectivity index (χ1n) is 8.41. The van der Waals surface area contributed by atoms with E-state index in [0.717, 1.165) is 23.9 Å². The average Bonchev–Trinajstić information content (AvgIpc) is 2.99. The minimum absolute atomic E-state index is 0.0361. The Bertz CT molecular complexity index is 1120. The number of carbonyl (C=O) groups excluding carboxylic acids is 1. The fourth-order valence-corrected chi connectivity index (χ4v) is 3.10. The predicted molar refractivity (Wildman–Crippen MR) is 101 cm³/mol. The maximum absolute atomic E-state index is 12.8. The topological polar surface area (TPSA) is 105 Å². The van der Waals surface area contributed by atoms with Crippen molar-refractivity contribution in [3.63, 3.8) is 0 Å². The first-order chi connectivity index (χ1) is 13.4. The number of nitrogens with zero attached hydrogens (tertiary/aromatic N) is 4. The Balaban J connectivity index is 1.74. The Kier molecular flexibility index (Phi) is 5.39. The summed E-state index contributed by atoms with van der Waals surface area (Å²) in [6.45, 7) is 5.49. The van der Waals surface area contributed by atoms with Crippen molar-refractivity contribution in [2.24, 2.45) is 0 Å². The second-order valence-electron chi connectivity index (χ2n) is 7.19. The molecule has 1 aromatic carbocycles. The normalized spacial score (nSPS) is 12.3. The molecule has 2 aromatic heterocycles. The van der Waals surface area contributed by atoms with Crippen LogP contribution < -0.4 is 10.9 Å². The fourth-order valence-electron chi connectivity index (χ4n) is 2.42. The first kappa shape index (κ1) is 20.8. The number of rotatable bonds is 4. The van der Waals surface area contributed by atoms with Gasteiger partial charge in [-0.05, 0) is 18.2 Å². The number of thioether (sulfide) groups is 1. The smallest absolute Gasteiger partial charge is 0.325 e. The van der Waals surface area contributed by atoms with Crippen LogP contribution in [0.4, 0.5) is 18.9 Å². The van der Waals surface area contributed by atoms with Crippen LogP contribution in [-0.4, -0.2) is 36.5 Å². The molecule has 0 unspecified atom stereocenters. The highest BCUT2D eigenvalue weighted by Gasteiger charge is 2.30. The molecule has 0 saturated heterocycles. The van der Waals surface area contributed by atoms with Crippen molar-refractivity contribution in [2.45, 2.75) is 37.5 Å². The second kappa shape index (κ2) is 7.50. The van der Waals surface area contributed by atoms with E-state index in [-0.39, 0.29) is 33.6 Å². The summed E-state index contributed by atoms with van der Waals surface area (Å²) in [4.78, 5) is 26.8. The molecule has 0 bridgehead atoms. The van der Waals surface area contributed by atoms with Gasteiger partial charge in [0, 0.05) is 11.1 Å². The quantitative estimate of drug-likeness (QED) is 0.622. The fraction of sp³-hybridized carbons (Fsp3) is 0.353. The van der Waals surface area contributed by atoms with Gasteiger partial charge in [-0.15, -0.1) is 10.2 Å². The molecule has 0 aliphatic heterocycles. The van der Waals surface area contributed by atoms with Crippen LogP contribution in [0.15, 0.2) is 34.2 Å². The van der Waals surface area contributed by atoms with E-state index in [2.05, 4.69) is 25.6 Å². The third-order valence-electron chi connectivity index (χ3n) is 3.77. The van der Waals surface area contributed by atoms with Crippen LogP contribution in [0.2, 0.25) is 0 Å². The molecule has 154 valence electrons. The van der Waals surface area contributed by atoms with E-state index in [0.29, 0.717) is 0 Å². The van der Waals surface area contributed by atoms with Crippen LogP contribution in [0.5, 0.6) is 0 Å². The minimum Gasteiger partial charge on any atom is -0.325 e. The number of benzene rings is 1. The van der Waals surface area contributed by atoms with E-state index in [1.165, 1.54) is 16.6 Å². The molecule has 8 nitrogen and oxygen atoms in total. The molecule has 1 amide bonds. The molecule has 3 aromatic rings. The lowest BCUT2D eigenvalue weighted by atomic mass is 9.93. The number of fused-ring (bicyclic) bond motifs is 1. The van der Waals surface area contributed by atoms with Gasteiger partial charge in [0.1, 0.15) is 5.69 Å². The van der Waals surface area contributed by atoms with E-state index in [1.54, 1.807) is 0 Å². The van der Waals surface area contributed by atoms with Crippen molar-refractivity contribution < 1.29 is 18.0 Å². The van der Waals surface area contributed by atoms with Crippen LogP contribution in [0, 0.1) is 0 Å². The van der Waals surface area contributed by atoms with Gasteiger partial charge >= 0.3 is 6.18 Å². The van der Waals surface area contributed by atoms with E-state index in [4.69, 9.17) is 0 Å². The maximum atomic E-state index is 12.8. The Morgan fingerprint density at radius 2 is 1.97 bits per heavy atom. The zero-order chi connectivity index (χ0) is 21.4. The molecule has 2 heterocycles. The van der Waals surface area contributed by atoms with Gasteiger partial charge in [-0.25, -0.2) is 0 Å². The van der Waals surface area contributed by atoms with Crippen molar-refractivity contribution in [2.75, 3.05) is 11.1 Å². The Morgan fingerprint density at radius 3 is 2.62 bits per heavy atom. The summed E-state index contributed by atoms with van der Waals surface area (Å²) in [6.07, 6.45) is -4.50. The summed E-state index contributed by atoms with van der Waals surface area (Å²) >= 11 is 0.989. The zero-order valence-corrected chi connectivity index (χ0v) is 16.5. The SMILES string of the molecule is CC(C)(C)c1nn2c(SCC(=O)Nc3cccc(C(F)(F)F)c3)nnc2[nH]c1=O. The van der Waals surface area contributed by atoms with Crippen molar-refractivity contribution in [1.29, 1.82) is 0 Å². The average molecular weight is 426 g/mol. The molecular weight excluding hydrogens is 409 g/mol. The maximum Gasteiger partial charge on any atom is 0.416 e. The number of amides is 1. The summed E-state index contributed by atoms with van der Waals surface area (Å²) in [5.41, 5.74) is -1.44. The molecule has 0 atom stereocenters. The number of hydrogen-bond acceptors (Lipinski definition) is 6. The summed E-state index contributed by atoms with van der Waals surface area (Å²) in [5.74, 6) is -0.529. The number of anilines is 1. The van der Waals surface area contributed by atoms with E-state index in [9.17, 15) is 22.8 Å². The molecule has 3 rings (SSSR count). The molecule has 12 heteroatoms. The van der Waals surface area contributed by atoms with Crippen molar-refractivity contribution in [3.05, 3.63) is 45.9 Å². The lowest BCUT2D eigenvalue weighted by Crippen LogP contribution is -2.28. The molecule has 29 heavy (non-hydrogen) atoms. The number of halogens is 3. The third-order valence-corrected chi connectivity index (χ3v) is 4.69. The zero-order valence-electron chi connectivity index (χ0n) is 15.7. The number of aromatic amines is 1. The van der Waals surface area contributed by atoms with E-state index >= 15 is 0 Å². The third kappa shape index (κ3) is 4.75. The summed E-state index contributed by atoms with van der Waals surface area (Å²) in [6, 6.07) is 4.36. The van der Waals surface area contributed by atoms with Gasteiger partial charge in [0.05, 0.1) is 11.3 Å². The van der Waals surface area contributed by atoms with Crippen LogP contribution in [0.1, 0.15) is 32.0 Å². The Morgan fingerprint density at radius 1 is 1.24 bits per heavy atom. The Labute approximate surface area is 166 Å². The number of alkyl halides is 3.